The first-order valence-corrected chi connectivity index (χ1v) is 7.66. The predicted molar refractivity (Wildman–Crippen MR) is 86.3 cm³/mol. The van der Waals surface area contributed by atoms with Crippen molar-refractivity contribution in [3.63, 3.8) is 0 Å². The third kappa shape index (κ3) is 3.91. The van der Waals surface area contributed by atoms with Gasteiger partial charge in [0.1, 0.15) is 11.4 Å². The first-order valence-electron chi connectivity index (χ1n) is 7.66. The van der Waals surface area contributed by atoms with E-state index in [9.17, 15) is 4.79 Å². The number of carbonyl (C=O) groups excluding carboxylic acids is 1. The van der Waals surface area contributed by atoms with E-state index >= 15 is 0 Å². The Morgan fingerprint density at radius 2 is 2.09 bits per heavy atom. The van der Waals surface area contributed by atoms with E-state index in [2.05, 4.69) is 11.4 Å². The summed E-state index contributed by atoms with van der Waals surface area (Å²) in [4.78, 5) is 14.3. The van der Waals surface area contributed by atoms with Crippen LogP contribution in [0.15, 0.2) is 18.2 Å². The summed E-state index contributed by atoms with van der Waals surface area (Å²) in [6.07, 6.45) is -0.257. The van der Waals surface area contributed by atoms with E-state index in [0.717, 1.165) is 30.0 Å². The fraction of sp³-hybridized carbons (Fsp3) is 0.588. The second kappa shape index (κ2) is 6.57. The van der Waals surface area contributed by atoms with E-state index in [1.165, 1.54) is 0 Å². The molecule has 2 rings (SSSR count). The fourth-order valence-corrected chi connectivity index (χ4v) is 2.65. The van der Waals surface area contributed by atoms with Crippen LogP contribution in [0.25, 0.3) is 0 Å². The highest BCUT2D eigenvalue weighted by atomic mass is 16.6. The maximum atomic E-state index is 12.5. The molecule has 1 N–H and O–H groups in total. The smallest absolute Gasteiger partial charge is 0.410 e. The van der Waals surface area contributed by atoms with Gasteiger partial charge in [-0.2, -0.15) is 0 Å². The van der Waals surface area contributed by atoms with Crippen LogP contribution in [-0.4, -0.2) is 43.3 Å². The number of benzene rings is 1. The summed E-state index contributed by atoms with van der Waals surface area (Å²) in [6.45, 7) is 9.83. The molecule has 1 saturated heterocycles. The molecule has 0 aromatic heterocycles. The molecule has 1 heterocycles. The van der Waals surface area contributed by atoms with Gasteiger partial charge < -0.3 is 14.8 Å². The molecule has 1 atom stereocenters. The van der Waals surface area contributed by atoms with Gasteiger partial charge in [0.25, 0.3) is 0 Å². The Labute approximate surface area is 132 Å². The number of piperazine rings is 1. The minimum Gasteiger partial charge on any atom is -0.496 e. The molecule has 1 aliphatic heterocycles. The molecule has 0 aliphatic carbocycles. The average molecular weight is 306 g/mol. The van der Waals surface area contributed by atoms with Gasteiger partial charge in [0.05, 0.1) is 13.2 Å². The summed E-state index contributed by atoms with van der Waals surface area (Å²) in [5, 5.41) is 3.35. The molecule has 1 aromatic carbocycles. The minimum absolute atomic E-state index is 0.0202. The van der Waals surface area contributed by atoms with Gasteiger partial charge >= 0.3 is 6.09 Å². The highest BCUT2D eigenvalue weighted by Gasteiger charge is 2.31. The Bertz CT molecular complexity index is 537. The van der Waals surface area contributed by atoms with Gasteiger partial charge in [-0.25, -0.2) is 4.79 Å². The minimum atomic E-state index is -0.484. The molecule has 122 valence electrons. The highest BCUT2D eigenvalue weighted by Crippen LogP contribution is 2.28. The molecular formula is C17H26N2O3. The second-order valence-corrected chi connectivity index (χ2v) is 6.62. The molecule has 1 amide bonds. The number of nitrogens with one attached hydrogen (secondary N) is 1. The number of carbonyl (C=O) groups is 1. The lowest BCUT2D eigenvalue weighted by Gasteiger charge is -2.37. The molecule has 0 saturated carbocycles. The molecule has 0 radical (unpaired) electrons. The summed E-state index contributed by atoms with van der Waals surface area (Å²) in [6, 6.07) is 6.02. The van der Waals surface area contributed by atoms with Gasteiger partial charge in [0.2, 0.25) is 0 Å². The number of aryl methyl sites for hydroxylation is 1. The first-order chi connectivity index (χ1) is 10.3. The number of amides is 1. The van der Waals surface area contributed by atoms with Crippen LogP contribution in [0.2, 0.25) is 0 Å². The third-order valence-electron chi connectivity index (χ3n) is 3.68. The number of hydrogen-bond donors (Lipinski definition) is 1. The SMILES string of the molecule is COc1ccc(C2CNCCN2C(=O)OC(C)(C)C)cc1C. The lowest BCUT2D eigenvalue weighted by Crippen LogP contribution is -2.50. The molecule has 22 heavy (non-hydrogen) atoms. The van der Waals surface area contributed by atoms with Crippen molar-refractivity contribution in [3.8, 4) is 5.75 Å². The van der Waals surface area contributed by atoms with E-state index in [1.807, 2.05) is 44.7 Å². The van der Waals surface area contributed by atoms with E-state index in [0.29, 0.717) is 6.54 Å². The van der Waals surface area contributed by atoms with Crippen molar-refractivity contribution in [2.75, 3.05) is 26.7 Å². The molecule has 5 heteroatoms. The van der Waals surface area contributed by atoms with E-state index < -0.39 is 5.60 Å². The quantitative estimate of drug-likeness (QED) is 0.913. The Balaban J connectivity index is 2.22. The maximum Gasteiger partial charge on any atom is 0.410 e. The zero-order valence-corrected chi connectivity index (χ0v) is 14.1. The zero-order chi connectivity index (χ0) is 16.3. The van der Waals surface area contributed by atoms with Gasteiger partial charge in [0.15, 0.2) is 0 Å². The Morgan fingerprint density at radius 1 is 1.36 bits per heavy atom. The number of hydrogen-bond acceptors (Lipinski definition) is 4. The van der Waals surface area contributed by atoms with Crippen molar-refractivity contribution in [1.82, 2.24) is 10.2 Å². The molecule has 1 unspecified atom stereocenters. The lowest BCUT2D eigenvalue weighted by atomic mass is 10.0. The molecule has 0 bridgehead atoms. The third-order valence-corrected chi connectivity index (χ3v) is 3.68. The monoisotopic (exact) mass is 306 g/mol. The highest BCUT2D eigenvalue weighted by molar-refractivity contribution is 5.69. The summed E-state index contributed by atoms with van der Waals surface area (Å²) in [7, 11) is 1.66. The van der Waals surface area contributed by atoms with Gasteiger partial charge in [-0.3, -0.25) is 4.90 Å². The van der Waals surface area contributed by atoms with Crippen molar-refractivity contribution in [2.24, 2.45) is 0 Å². The molecule has 0 spiro atoms. The van der Waals surface area contributed by atoms with Crippen molar-refractivity contribution >= 4 is 6.09 Å². The molecule has 5 nitrogen and oxygen atoms in total. The van der Waals surface area contributed by atoms with Crippen LogP contribution in [-0.2, 0) is 4.74 Å². The topological polar surface area (TPSA) is 50.8 Å². The predicted octanol–water partition coefficient (Wildman–Crippen LogP) is 2.89. The van der Waals surface area contributed by atoms with Gasteiger partial charge in [0, 0.05) is 19.6 Å². The van der Waals surface area contributed by atoms with Crippen molar-refractivity contribution in [1.29, 1.82) is 0 Å². The number of rotatable bonds is 2. The van der Waals surface area contributed by atoms with Crippen molar-refractivity contribution < 1.29 is 14.3 Å². The Kier molecular flexibility index (Phi) is 4.96. The lowest BCUT2D eigenvalue weighted by molar-refractivity contribution is 0.0118. The Morgan fingerprint density at radius 3 is 2.68 bits per heavy atom. The van der Waals surface area contributed by atoms with Crippen LogP contribution in [0.4, 0.5) is 4.79 Å². The normalized spacial score (nSPS) is 19.0. The van der Waals surface area contributed by atoms with Gasteiger partial charge in [-0.05, 0) is 44.9 Å². The van der Waals surface area contributed by atoms with Crippen LogP contribution in [0.3, 0.4) is 0 Å². The van der Waals surface area contributed by atoms with Gasteiger partial charge in [-0.15, -0.1) is 0 Å². The summed E-state index contributed by atoms with van der Waals surface area (Å²) < 4.78 is 10.8. The van der Waals surface area contributed by atoms with Crippen LogP contribution in [0.5, 0.6) is 5.75 Å². The van der Waals surface area contributed by atoms with Crippen molar-refractivity contribution in [2.45, 2.75) is 39.3 Å². The van der Waals surface area contributed by atoms with Crippen molar-refractivity contribution in [3.05, 3.63) is 29.3 Å². The van der Waals surface area contributed by atoms with E-state index in [4.69, 9.17) is 9.47 Å². The van der Waals surface area contributed by atoms with Crippen LogP contribution >= 0.6 is 0 Å². The maximum absolute atomic E-state index is 12.5. The van der Waals surface area contributed by atoms with Crippen LogP contribution < -0.4 is 10.1 Å². The average Bonchev–Trinajstić information content (AvgIpc) is 2.45. The molecule has 1 fully saturated rings. The van der Waals surface area contributed by atoms with Crippen LogP contribution in [0, 0.1) is 6.92 Å². The first kappa shape index (κ1) is 16.6. The molecular weight excluding hydrogens is 280 g/mol. The van der Waals surface area contributed by atoms with Gasteiger partial charge in [-0.1, -0.05) is 12.1 Å². The zero-order valence-electron chi connectivity index (χ0n) is 14.1. The molecule has 1 aromatic rings. The van der Waals surface area contributed by atoms with E-state index in [1.54, 1.807) is 7.11 Å². The Hall–Kier alpha value is -1.75. The fourth-order valence-electron chi connectivity index (χ4n) is 2.65. The number of methoxy groups -OCH3 is 1. The number of nitrogens with zero attached hydrogens (tertiary/aromatic N) is 1. The summed E-state index contributed by atoms with van der Waals surface area (Å²) >= 11 is 0. The number of ether oxygens (including phenoxy) is 2. The summed E-state index contributed by atoms with van der Waals surface area (Å²) in [5.41, 5.74) is 1.67. The molecule has 1 aliphatic rings. The van der Waals surface area contributed by atoms with E-state index in [-0.39, 0.29) is 12.1 Å². The largest absolute Gasteiger partial charge is 0.496 e. The second-order valence-electron chi connectivity index (χ2n) is 6.62. The summed E-state index contributed by atoms with van der Waals surface area (Å²) in [5.74, 6) is 0.858. The van der Waals surface area contributed by atoms with Crippen LogP contribution in [0.1, 0.15) is 37.9 Å². The standard InChI is InChI=1S/C17H26N2O3/c1-12-10-13(6-7-15(12)21-5)14-11-18-8-9-19(14)16(20)22-17(2,3)4/h6-7,10,14,18H,8-9,11H2,1-5H3.